The van der Waals surface area contributed by atoms with Gasteiger partial charge in [0, 0.05) is 10.8 Å². The molecule has 0 spiro atoms. The van der Waals surface area contributed by atoms with Gasteiger partial charge in [0.2, 0.25) is 6.01 Å². The molecule has 3 rings (SSSR count). The monoisotopic (exact) mass is 289 g/mol. The van der Waals surface area contributed by atoms with Gasteiger partial charge in [-0.25, -0.2) is 12.8 Å². The van der Waals surface area contributed by atoms with Gasteiger partial charge < -0.3 is 0 Å². The first kappa shape index (κ1) is 12.9. The number of anilines is 1. The predicted molar refractivity (Wildman–Crippen MR) is 80.0 cm³/mol. The van der Waals surface area contributed by atoms with Crippen LogP contribution in [0.25, 0.3) is 21.5 Å². The van der Waals surface area contributed by atoms with Crippen LogP contribution in [0.1, 0.15) is 0 Å². The van der Waals surface area contributed by atoms with Crippen LogP contribution in [-0.2, 0) is 10.0 Å². The molecule has 3 nitrogen and oxygen atoms in total. The van der Waals surface area contributed by atoms with Crippen LogP contribution >= 0.6 is 0 Å². The molecule has 5 heteroatoms. The van der Waals surface area contributed by atoms with Crippen molar-refractivity contribution in [1.29, 1.82) is 0 Å². The molecule has 0 atom stereocenters. The van der Waals surface area contributed by atoms with Crippen LogP contribution in [0.2, 0.25) is 0 Å². The fourth-order valence-corrected chi connectivity index (χ4v) is 2.89. The number of sulfonamides is 1. The Balaban J connectivity index is 2.39. The number of nitrogens with one attached hydrogen (secondary N) is 1. The first-order chi connectivity index (χ1) is 9.61. The minimum Gasteiger partial charge on any atom is -0.280 e. The second-order valence-corrected chi connectivity index (χ2v) is 6.17. The summed E-state index contributed by atoms with van der Waals surface area (Å²) in [7, 11) is -3.97. The lowest BCUT2D eigenvalue weighted by Crippen LogP contribution is -2.14. The molecule has 0 heterocycles. The third-order valence-corrected chi connectivity index (χ3v) is 3.97. The van der Waals surface area contributed by atoms with Crippen molar-refractivity contribution < 1.29 is 12.8 Å². The number of benzene rings is 3. The number of alkyl halides is 1. The largest absolute Gasteiger partial charge is 0.280 e. The molecule has 0 amide bonds. The van der Waals surface area contributed by atoms with Gasteiger partial charge in [0.05, 0.1) is 5.69 Å². The van der Waals surface area contributed by atoms with Gasteiger partial charge >= 0.3 is 0 Å². The smallest absolute Gasteiger partial charge is 0.262 e. The summed E-state index contributed by atoms with van der Waals surface area (Å²) in [5.74, 6) is 0. The molecule has 20 heavy (non-hydrogen) atoms. The predicted octanol–water partition coefficient (Wildman–Crippen LogP) is 3.66. The van der Waals surface area contributed by atoms with Gasteiger partial charge in [-0.1, -0.05) is 48.5 Å². The molecular formula is C15H12FNO2S. The summed E-state index contributed by atoms with van der Waals surface area (Å²) in [6.45, 7) is 0. The van der Waals surface area contributed by atoms with Gasteiger partial charge in [0.25, 0.3) is 10.0 Å². The molecule has 0 aromatic heterocycles. The number of fused-ring (bicyclic) bond motifs is 2. The van der Waals surface area contributed by atoms with Gasteiger partial charge in [-0.2, -0.15) is 0 Å². The van der Waals surface area contributed by atoms with Crippen molar-refractivity contribution in [2.75, 3.05) is 10.7 Å². The molecule has 0 aliphatic carbocycles. The van der Waals surface area contributed by atoms with E-state index in [-0.39, 0.29) is 0 Å². The highest BCUT2D eigenvalue weighted by Gasteiger charge is 2.14. The quantitative estimate of drug-likeness (QED) is 0.748. The third-order valence-electron chi connectivity index (χ3n) is 3.17. The molecule has 0 bridgehead atoms. The van der Waals surface area contributed by atoms with E-state index < -0.39 is 16.0 Å². The van der Waals surface area contributed by atoms with Gasteiger partial charge in [0.15, 0.2) is 0 Å². The molecule has 0 aliphatic rings. The Morgan fingerprint density at radius 2 is 1.40 bits per heavy atom. The maximum Gasteiger partial charge on any atom is 0.262 e. The second kappa shape index (κ2) is 4.76. The van der Waals surface area contributed by atoms with Crippen LogP contribution in [0, 0.1) is 0 Å². The molecule has 0 fully saturated rings. The lowest BCUT2D eigenvalue weighted by atomic mass is 10.0. The minimum atomic E-state index is -3.97. The minimum absolute atomic E-state index is 0.427. The Bertz CT molecular complexity index is 837. The number of hydrogen-bond acceptors (Lipinski definition) is 2. The summed E-state index contributed by atoms with van der Waals surface area (Å²) in [6.07, 6.45) is 0. The Morgan fingerprint density at radius 1 is 0.900 bits per heavy atom. The van der Waals surface area contributed by atoms with Gasteiger partial charge in [0.1, 0.15) is 0 Å². The zero-order chi connectivity index (χ0) is 14.2. The van der Waals surface area contributed by atoms with E-state index >= 15 is 0 Å². The van der Waals surface area contributed by atoms with E-state index in [9.17, 15) is 12.8 Å². The molecule has 3 aromatic carbocycles. The topological polar surface area (TPSA) is 46.2 Å². The highest BCUT2D eigenvalue weighted by atomic mass is 32.2. The second-order valence-electron chi connectivity index (χ2n) is 4.52. The van der Waals surface area contributed by atoms with Crippen molar-refractivity contribution in [2.24, 2.45) is 0 Å². The van der Waals surface area contributed by atoms with Crippen LogP contribution < -0.4 is 4.72 Å². The third kappa shape index (κ3) is 2.20. The number of rotatable bonds is 3. The SMILES string of the molecule is O=S(=O)(CF)Nc1c2ccccc2cc2ccccc12. The first-order valence-electron chi connectivity index (χ1n) is 6.08. The molecule has 0 aliphatic heterocycles. The highest BCUT2D eigenvalue weighted by molar-refractivity contribution is 7.92. The van der Waals surface area contributed by atoms with E-state index in [1.165, 1.54) is 0 Å². The van der Waals surface area contributed by atoms with E-state index in [1.807, 2.05) is 54.6 Å². The van der Waals surface area contributed by atoms with Crippen molar-refractivity contribution in [2.45, 2.75) is 0 Å². The summed E-state index contributed by atoms with van der Waals surface area (Å²) in [6, 6.07) is 15.4. The summed E-state index contributed by atoms with van der Waals surface area (Å²) in [5.41, 5.74) is 0.427. The Morgan fingerprint density at radius 3 is 1.90 bits per heavy atom. The fourth-order valence-electron chi connectivity index (χ4n) is 2.31. The van der Waals surface area contributed by atoms with E-state index in [0.29, 0.717) is 5.69 Å². The van der Waals surface area contributed by atoms with Crippen LogP contribution in [0.4, 0.5) is 10.1 Å². The normalized spacial score (nSPS) is 11.8. The van der Waals surface area contributed by atoms with Crippen molar-refractivity contribution in [3.05, 3.63) is 54.6 Å². The molecule has 0 saturated heterocycles. The maximum atomic E-state index is 12.6. The average Bonchev–Trinajstić information content (AvgIpc) is 2.47. The molecule has 102 valence electrons. The summed E-state index contributed by atoms with van der Waals surface area (Å²) >= 11 is 0. The molecule has 0 saturated carbocycles. The Kier molecular flexibility index (Phi) is 3.06. The molecule has 3 aromatic rings. The van der Waals surface area contributed by atoms with Crippen molar-refractivity contribution in [1.82, 2.24) is 0 Å². The lowest BCUT2D eigenvalue weighted by Gasteiger charge is -2.12. The zero-order valence-electron chi connectivity index (χ0n) is 10.5. The maximum absolute atomic E-state index is 12.6. The van der Waals surface area contributed by atoms with Crippen molar-refractivity contribution >= 4 is 37.3 Å². The molecule has 1 N–H and O–H groups in total. The average molecular weight is 289 g/mol. The van der Waals surface area contributed by atoms with Gasteiger partial charge in [-0.3, -0.25) is 4.72 Å². The highest BCUT2D eigenvalue weighted by Crippen LogP contribution is 2.33. The van der Waals surface area contributed by atoms with E-state index in [2.05, 4.69) is 4.72 Å². The number of halogens is 1. The summed E-state index contributed by atoms with van der Waals surface area (Å²) < 4.78 is 38.1. The first-order valence-corrected chi connectivity index (χ1v) is 7.73. The Hall–Kier alpha value is -2.14. The molecular weight excluding hydrogens is 277 g/mol. The van der Waals surface area contributed by atoms with Crippen LogP contribution in [0.5, 0.6) is 0 Å². The van der Waals surface area contributed by atoms with Crippen molar-refractivity contribution in [3.63, 3.8) is 0 Å². The summed E-state index contributed by atoms with van der Waals surface area (Å²) in [4.78, 5) is 0. The van der Waals surface area contributed by atoms with E-state index in [1.54, 1.807) is 0 Å². The Labute approximate surface area is 116 Å². The van der Waals surface area contributed by atoms with Crippen LogP contribution in [0.15, 0.2) is 54.6 Å². The van der Waals surface area contributed by atoms with Crippen molar-refractivity contribution in [3.8, 4) is 0 Å². The van der Waals surface area contributed by atoms with E-state index in [4.69, 9.17) is 0 Å². The number of hydrogen-bond donors (Lipinski definition) is 1. The molecule has 0 unspecified atom stereocenters. The fraction of sp³-hybridized carbons (Fsp3) is 0.0667. The van der Waals surface area contributed by atoms with Gasteiger partial charge in [-0.05, 0) is 16.8 Å². The lowest BCUT2D eigenvalue weighted by molar-refractivity contribution is 0.539. The van der Waals surface area contributed by atoms with E-state index in [0.717, 1.165) is 21.5 Å². The molecule has 0 radical (unpaired) electrons. The van der Waals surface area contributed by atoms with Crippen LogP contribution in [-0.4, -0.2) is 14.4 Å². The standard InChI is InChI=1S/C15H12FNO2S/c16-10-20(18,19)17-15-13-7-3-1-5-11(13)9-12-6-2-4-8-14(12)15/h1-9,17H,10H2. The van der Waals surface area contributed by atoms with Crippen LogP contribution in [0.3, 0.4) is 0 Å². The zero-order valence-corrected chi connectivity index (χ0v) is 11.3. The summed E-state index contributed by atoms with van der Waals surface area (Å²) in [5, 5.41) is 3.32. The van der Waals surface area contributed by atoms with Gasteiger partial charge in [-0.15, -0.1) is 0 Å².